The van der Waals surface area contributed by atoms with Crippen molar-refractivity contribution in [2.75, 3.05) is 0 Å². The van der Waals surface area contributed by atoms with Crippen molar-refractivity contribution in [3.63, 3.8) is 0 Å². The lowest BCUT2D eigenvalue weighted by molar-refractivity contribution is 0.602. The molecule has 1 aromatic heterocycles. The van der Waals surface area contributed by atoms with Gasteiger partial charge >= 0.3 is 0 Å². The highest BCUT2D eigenvalue weighted by atomic mass is 15.1. The summed E-state index contributed by atoms with van der Waals surface area (Å²) in [5.74, 6) is 1.92. The Kier molecular flexibility index (Phi) is 2.38. The van der Waals surface area contributed by atoms with Gasteiger partial charge in [-0.2, -0.15) is 5.26 Å². The maximum absolute atomic E-state index is 9.02. The topological polar surface area (TPSA) is 41.6 Å². The first kappa shape index (κ1) is 11.0. The molecule has 0 amide bonds. The van der Waals surface area contributed by atoms with Crippen molar-refractivity contribution in [3.05, 3.63) is 29.6 Å². The van der Waals surface area contributed by atoms with E-state index >= 15 is 0 Å². The van der Waals surface area contributed by atoms with Crippen LogP contribution in [0.15, 0.2) is 18.2 Å². The lowest BCUT2D eigenvalue weighted by Gasteiger charge is -2.12. The molecule has 0 spiro atoms. The van der Waals surface area contributed by atoms with E-state index in [-0.39, 0.29) is 0 Å². The normalized spacial score (nSPS) is 19.9. The highest BCUT2D eigenvalue weighted by Gasteiger charge is 2.31. The number of rotatable bonds is 2. The molecule has 0 saturated heterocycles. The van der Waals surface area contributed by atoms with E-state index in [2.05, 4.69) is 16.7 Å². The summed E-state index contributed by atoms with van der Waals surface area (Å²) in [6.45, 7) is 0. The van der Waals surface area contributed by atoms with Crippen LogP contribution in [0.1, 0.15) is 61.9 Å². The second-order valence-corrected chi connectivity index (χ2v) is 5.87. The fourth-order valence-corrected chi connectivity index (χ4v) is 3.38. The summed E-state index contributed by atoms with van der Waals surface area (Å²) >= 11 is 0. The molecule has 96 valence electrons. The first-order valence-electron chi connectivity index (χ1n) is 7.29. The minimum absolute atomic E-state index is 0.638. The van der Waals surface area contributed by atoms with Crippen LogP contribution in [-0.2, 0) is 0 Å². The third-order valence-corrected chi connectivity index (χ3v) is 4.48. The SMILES string of the molecule is N#Cc1ccc2c(c1)nc(C1CCCC1)n2C1CC1. The summed E-state index contributed by atoms with van der Waals surface area (Å²) in [6.07, 6.45) is 7.79. The van der Waals surface area contributed by atoms with Crippen LogP contribution in [0.2, 0.25) is 0 Å². The highest BCUT2D eigenvalue weighted by molar-refractivity contribution is 5.78. The summed E-state index contributed by atoms with van der Waals surface area (Å²) in [5, 5.41) is 9.02. The van der Waals surface area contributed by atoms with Crippen molar-refractivity contribution in [1.82, 2.24) is 9.55 Å². The zero-order chi connectivity index (χ0) is 12.8. The van der Waals surface area contributed by atoms with Crippen LogP contribution in [0, 0.1) is 11.3 Å². The van der Waals surface area contributed by atoms with E-state index < -0.39 is 0 Å². The Bertz CT molecular complexity index is 667. The van der Waals surface area contributed by atoms with Crippen LogP contribution in [0.25, 0.3) is 11.0 Å². The Morgan fingerprint density at radius 1 is 1.16 bits per heavy atom. The van der Waals surface area contributed by atoms with Gasteiger partial charge in [-0.05, 0) is 43.9 Å². The summed E-state index contributed by atoms with van der Waals surface area (Å²) in [4.78, 5) is 4.88. The molecule has 4 rings (SSSR count). The maximum atomic E-state index is 9.02. The van der Waals surface area contributed by atoms with E-state index in [1.165, 1.54) is 49.9 Å². The first-order chi connectivity index (χ1) is 9.36. The lowest BCUT2D eigenvalue weighted by Crippen LogP contribution is -2.05. The Hall–Kier alpha value is -1.82. The smallest absolute Gasteiger partial charge is 0.113 e. The lowest BCUT2D eigenvalue weighted by atomic mass is 10.1. The third-order valence-electron chi connectivity index (χ3n) is 4.48. The fourth-order valence-electron chi connectivity index (χ4n) is 3.38. The summed E-state index contributed by atoms with van der Waals surface area (Å²) in [5.41, 5.74) is 2.95. The summed E-state index contributed by atoms with van der Waals surface area (Å²) in [7, 11) is 0. The minimum atomic E-state index is 0.638. The molecule has 19 heavy (non-hydrogen) atoms. The van der Waals surface area contributed by atoms with E-state index in [9.17, 15) is 0 Å². The highest BCUT2D eigenvalue weighted by Crippen LogP contribution is 2.43. The minimum Gasteiger partial charge on any atom is -0.325 e. The Morgan fingerprint density at radius 2 is 1.95 bits per heavy atom. The molecule has 2 aromatic rings. The molecule has 0 unspecified atom stereocenters. The third kappa shape index (κ3) is 1.74. The zero-order valence-corrected chi connectivity index (χ0v) is 11.0. The molecule has 2 aliphatic rings. The van der Waals surface area contributed by atoms with Gasteiger partial charge in [-0.15, -0.1) is 0 Å². The maximum Gasteiger partial charge on any atom is 0.113 e. The van der Waals surface area contributed by atoms with Crippen molar-refractivity contribution < 1.29 is 0 Å². The molecule has 0 atom stereocenters. The van der Waals surface area contributed by atoms with Crippen molar-refractivity contribution >= 4 is 11.0 Å². The largest absolute Gasteiger partial charge is 0.325 e. The molecule has 0 aliphatic heterocycles. The van der Waals surface area contributed by atoms with Crippen LogP contribution >= 0.6 is 0 Å². The van der Waals surface area contributed by atoms with Crippen LogP contribution < -0.4 is 0 Å². The van der Waals surface area contributed by atoms with Crippen LogP contribution in [0.5, 0.6) is 0 Å². The van der Waals surface area contributed by atoms with Gasteiger partial charge in [0.15, 0.2) is 0 Å². The average Bonchev–Trinajstić information content (AvgIpc) is 3.01. The Labute approximate surface area is 112 Å². The predicted molar refractivity (Wildman–Crippen MR) is 73.9 cm³/mol. The first-order valence-corrected chi connectivity index (χ1v) is 7.29. The fraction of sp³-hybridized carbons (Fsp3) is 0.500. The molecule has 3 nitrogen and oxygen atoms in total. The number of benzene rings is 1. The molecule has 1 heterocycles. The molecule has 0 N–H and O–H groups in total. The standard InChI is InChI=1S/C16H17N3/c17-10-11-5-8-15-14(9-11)18-16(12-3-1-2-4-12)19(15)13-6-7-13/h5,8-9,12-13H,1-4,6-7H2. The van der Waals surface area contributed by atoms with Crippen molar-refractivity contribution in [3.8, 4) is 6.07 Å². The molecule has 2 saturated carbocycles. The predicted octanol–water partition coefficient (Wildman–Crippen LogP) is 3.90. The van der Waals surface area contributed by atoms with E-state index in [1.54, 1.807) is 0 Å². The van der Waals surface area contributed by atoms with Gasteiger partial charge in [0.25, 0.3) is 0 Å². The van der Waals surface area contributed by atoms with Gasteiger partial charge in [0, 0.05) is 12.0 Å². The van der Waals surface area contributed by atoms with Crippen LogP contribution in [-0.4, -0.2) is 9.55 Å². The van der Waals surface area contributed by atoms with Gasteiger partial charge in [0.2, 0.25) is 0 Å². The number of nitriles is 1. The van der Waals surface area contributed by atoms with Crippen LogP contribution in [0.4, 0.5) is 0 Å². The monoisotopic (exact) mass is 251 g/mol. The van der Waals surface area contributed by atoms with Crippen LogP contribution in [0.3, 0.4) is 0 Å². The number of hydrogen-bond acceptors (Lipinski definition) is 2. The van der Waals surface area contributed by atoms with Gasteiger partial charge < -0.3 is 4.57 Å². The summed E-state index contributed by atoms with van der Waals surface area (Å²) < 4.78 is 2.46. The zero-order valence-electron chi connectivity index (χ0n) is 11.0. The average molecular weight is 251 g/mol. The van der Waals surface area contributed by atoms with E-state index in [0.29, 0.717) is 17.5 Å². The number of hydrogen-bond donors (Lipinski definition) is 0. The van der Waals surface area contributed by atoms with E-state index in [1.807, 2.05) is 12.1 Å². The molecule has 1 aromatic carbocycles. The number of imidazole rings is 1. The van der Waals surface area contributed by atoms with Gasteiger partial charge in [0.05, 0.1) is 22.7 Å². The molecule has 0 bridgehead atoms. The Morgan fingerprint density at radius 3 is 2.63 bits per heavy atom. The molecule has 0 radical (unpaired) electrons. The molecular weight excluding hydrogens is 234 g/mol. The molecule has 2 fully saturated rings. The van der Waals surface area contributed by atoms with Crippen molar-refractivity contribution in [1.29, 1.82) is 5.26 Å². The van der Waals surface area contributed by atoms with Gasteiger partial charge in [-0.3, -0.25) is 0 Å². The quantitative estimate of drug-likeness (QED) is 0.812. The van der Waals surface area contributed by atoms with Crippen molar-refractivity contribution in [2.24, 2.45) is 0 Å². The van der Waals surface area contributed by atoms with E-state index in [4.69, 9.17) is 10.2 Å². The van der Waals surface area contributed by atoms with Gasteiger partial charge in [0.1, 0.15) is 5.82 Å². The second kappa shape index (κ2) is 4.09. The number of fused-ring (bicyclic) bond motifs is 1. The van der Waals surface area contributed by atoms with E-state index in [0.717, 1.165) is 5.52 Å². The van der Waals surface area contributed by atoms with Gasteiger partial charge in [-0.25, -0.2) is 4.98 Å². The van der Waals surface area contributed by atoms with Crippen molar-refractivity contribution in [2.45, 2.75) is 50.5 Å². The molecule has 2 aliphatic carbocycles. The Balaban J connectivity index is 1.91. The summed E-state index contributed by atoms with van der Waals surface area (Å²) in [6, 6.07) is 8.81. The second-order valence-electron chi connectivity index (χ2n) is 5.87. The molecule has 3 heteroatoms. The molecular formula is C16H17N3. The van der Waals surface area contributed by atoms with Gasteiger partial charge in [-0.1, -0.05) is 12.8 Å². The number of aromatic nitrogens is 2. The number of nitrogens with zero attached hydrogens (tertiary/aromatic N) is 3.